The zero-order valence-corrected chi connectivity index (χ0v) is 15.9. The highest BCUT2D eigenvalue weighted by Crippen LogP contribution is 2.64. The number of aliphatic hydroxyl groups is 1. The van der Waals surface area contributed by atoms with Crippen LogP contribution in [-0.4, -0.2) is 29.7 Å². The molecule has 140 valence electrons. The van der Waals surface area contributed by atoms with Crippen LogP contribution in [0, 0.1) is 29.6 Å². The van der Waals surface area contributed by atoms with Crippen molar-refractivity contribution in [3.8, 4) is 12.3 Å². The van der Waals surface area contributed by atoms with Gasteiger partial charge in [-0.2, -0.15) is 0 Å². The molecule has 0 aromatic carbocycles. The number of fused-ring (bicyclic) bond motifs is 4. The zero-order chi connectivity index (χ0) is 18.0. The van der Waals surface area contributed by atoms with Gasteiger partial charge in [0.05, 0.1) is 13.2 Å². The van der Waals surface area contributed by atoms with Crippen LogP contribution >= 0.6 is 0 Å². The van der Waals surface area contributed by atoms with Gasteiger partial charge in [0, 0.05) is 18.3 Å². The second kappa shape index (κ2) is 5.71. The average molecular weight is 354 g/mol. The summed E-state index contributed by atoms with van der Waals surface area (Å²) in [4.78, 5) is 0. The summed E-state index contributed by atoms with van der Waals surface area (Å²) in [5.41, 5.74) is 3.68. The highest BCUT2D eigenvalue weighted by molar-refractivity contribution is 5.45. The Balaban J connectivity index is 1.50. The Morgan fingerprint density at radius 1 is 1.23 bits per heavy atom. The Labute approximate surface area is 156 Å². The summed E-state index contributed by atoms with van der Waals surface area (Å²) in [5.74, 6) is 3.57. The maximum absolute atomic E-state index is 11.2. The molecule has 3 heteroatoms. The fourth-order valence-electron chi connectivity index (χ4n) is 7.05. The van der Waals surface area contributed by atoms with Gasteiger partial charge in [0.15, 0.2) is 5.79 Å². The lowest BCUT2D eigenvalue weighted by Gasteiger charge is -2.51. The minimum atomic E-state index is -0.925. The lowest BCUT2D eigenvalue weighted by Crippen LogP contribution is -2.50. The molecule has 2 fully saturated rings. The molecule has 0 bridgehead atoms. The van der Waals surface area contributed by atoms with Gasteiger partial charge in [-0.25, -0.2) is 0 Å². The molecule has 0 aromatic heterocycles. The van der Waals surface area contributed by atoms with Gasteiger partial charge < -0.3 is 14.6 Å². The third-order valence-corrected chi connectivity index (χ3v) is 8.38. The minimum Gasteiger partial charge on any atom is -0.377 e. The predicted octanol–water partition coefficient (Wildman–Crippen LogP) is 4.12. The van der Waals surface area contributed by atoms with E-state index < -0.39 is 5.60 Å². The molecular weight excluding hydrogens is 324 g/mol. The number of ether oxygens (including phenoxy) is 2. The first-order valence-corrected chi connectivity index (χ1v) is 10.5. The summed E-state index contributed by atoms with van der Waals surface area (Å²) >= 11 is 0. The van der Waals surface area contributed by atoms with Gasteiger partial charge in [-0.05, 0) is 67.9 Å². The Morgan fingerprint density at radius 3 is 2.77 bits per heavy atom. The number of rotatable bonds is 1. The Bertz CT molecular complexity index is 720. The molecule has 5 aliphatic rings. The van der Waals surface area contributed by atoms with Crippen LogP contribution in [-0.2, 0) is 9.47 Å². The lowest BCUT2D eigenvalue weighted by molar-refractivity contribution is -0.164. The van der Waals surface area contributed by atoms with Gasteiger partial charge in [-0.1, -0.05) is 24.5 Å². The number of terminal acetylenes is 1. The smallest absolute Gasteiger partial charge is 0.172 e. The van der Waals surface area contributed by atoms with Crippen molar-refractivity contribution in [3.63, 3.8) is 0 Å². The van der Waals surface area contributed by atoms with E-state index in [2.05, 4.69) is 18.9 Å². The van der Waals surface area contributed by atoms with Gasteiger partial charge >= 0.3 is 0 Å². The summed E-state index contributed by atoms with van der Waals surface area (Å²) in [6.07, 6.45) is 17.3. The highest BCUT2D eigenvalue weighted by Gasteiger charge is 2.61. The summed E-state index contributed by atoms with van der Waals surface area (Å²) in [6.45, 7) is 3.69. The fourth-order valence-corrected chi connectivity index (χ4v) is 7.05. The first-order valence-electron chi connectivity index (χ1n) is 10.5. The summed E-state index contributed by atoms with van der Waals surface area (Å²) < 4.78 is 12.0. The Morgan fingerprint density at radius 2 is 2.04 bits per heavy atom. The predicted molar refractivity (Wildman–Crippen MR) is 100 cm³/mol. The molecule has 4 aliphatic carbocycles. The number of hydrogen-bond acceptors (Lipinski definition) is 3. The quantitative estimate of drug-likeness (QED) is 0.720. The van der Waals surface area contributed by atoms with Gasteiger partial charge in [-0.15, -0.1) is 6.42 Å². The molecule has 1 aliphatic heterocycles. The SMILES string of the molecule is C#C[C@@]1(O)CC[C@H]2[C@@H]3CCC4=C(CCC5(C4)OCCO5)C3=CC[C@@]21CC. The molecule has 4 atom stereocenters. The molecule has 0 unspecified atom stereocenters. The molecule has 0 amide bonds. The van der Waals surface area contributed by atoms with E-state index in [4.69, 9.17) is 15.9 Å². The van der Waals surface area contributed by atoms with E-state index in [1.165, 1.54) is 6.42 Å². The van der Waals surface area contributed by atoms with E-state index in [-0.39, 0.29) is 11.2 Å². The molecule has 1 saturated carbocycles. The van der Waals surface area contributed by atoms with Gasteiger partial charge in [0.25, 0.3) is 0 Å². The standard InChI is InChI=1S/C23H30O3/c1-3-21-10-7-18-17-8-12-23(25-13-14-26-23)15-16(17)5-6-19(18)20(21)9-11-22(21,24)4-2/h2,7,19-20,24H,3,5-6,8-15H2,1H3/t19-,20+,21+,22-/m1/s1. The zero-order valence-electron chi connectivity index (χ0n) is 15.9. The first-order chi connectivity index (χ1) is 12.6. The van der Waals surface area contributed by atoms with E-state index >= 15 is 0 Å². The molecule has 1 heterocycles. The molecule has 5 rings (SSSR count). The van der Waals surface area contributed by atoms with E-state index in [0.29, 0.717) is 11.8 Å². The Kier molecular flexibility index (Phi) is 3.74. The Hall–Kier alpha value is -1.08. The van der Waals surface area contributed by atoms with Crippen molar-refractivity contribution in [2.75, 3.05) is 13.2 Å². The number of hydrogen-bond donors (Lipinski definition) is 1. The second-order valence-electron chi connectivity index (χ2n) is 9.03. The van der Waals surface area contributed by atoms with Crippen molar-refractivity contribution < 1.29 is 14.6 Å². The van der Waals surface area contributed by atoms with E-state index in [9.17, 15) is 5.11 Å². The number of allylic oxidation sites excluding steroid dienone is 3. The largest absolute Gasteiger partial charge is 0.377 e. The second-order valence-corrected chi connectivity index (χ2v) is 9.03. The van der Waals surface area contributed by atoms with Crippen LogP contribution < -0.4 is 0 Å². The van der Waals surface area contributed by atoms with Crippen molar-refractivity contribution in [3.05, 3.63) is 22.8 Å². The molecular formula is C23H30O3. The van der Waals surface area contributed by atoms with Gasteiger partial charge in [0.1, 0.15) is 5.60 Å². The van der Waals surface area contributed by atoms with Crippen molar-refractivity contribution in [2.45, 2.75) is 76.1 Å². The molecule has 1 saturated heterocycles. The molecule has 0 aromatic rings. The van der Waals surface area contributed by atoms with E-state index in [0.717, 1.165) is 64.6 Å². The van der Waals surface area contributed by atoms with Gasteiger partial charge in [-0.3, -0.25) is 0 Å². The monoisotopic (exact) mass is 354 g/mol. The average Bonchev–Trinajstić information content (AvgIpc) is 3.24. The minimum absolute atomic E-state index is 0.123. The van der Waals surface area contributed by atoms with Crippen molar-refractivity contribution in [1.82, 2.24) is 0 Å². The molecule has 3 nitrogen and oxygen atoms in total. The molecule has 0 radical (unpaired) electrons. The van der Waals surface area contributed by atoms with Crippen LogP contribution in [0.15, 0.2) is 22.8 Å². The normalized spacial score (nSPS) is 43.5. The highest BCUT2D eigenvalue weighted by atomic mass is 16.7. The summed E-state index contributed by atoms with van der Waals surface area (Å²) in [7, 11) is 0. The van der Waals surface area contributed by atoms with Crippen LogP contribution in [0.1, 0.15) is 64.7 Å². The van der Waals surface area contributed by atoms with E-state index in [1.54, 1.807) is 16.7 Å². The van der Waals surface area contributed by atoms with Gasteiger partial charge in [0.2, 0.25) is 0 Å². The topological polar surface area (TPSA) is 38.7 Å². The van der Waals surface area contributed by atoms with Crippen LogP contribution in [0.2, 0.25) is 0 Å². The van der Waals surface area contributed by atoms with Crippen LogP contribution in [0.5, 0.6) is 0 Å². The maximum atomic E-state index is 11.2. The van der Waals surface area contributed by atoms with Crippen LogP contribution in [0.25, 0.3) is 0 Å². The van der Waals surface area contributed by atoms with Crippen molar-refractivity contribution >= 4 is 0 Å². The van der Waals surface area contributed by atoms with Crippen molar-refractivity contribution in [2.24, 2.45) is 17.3 Å². The molecule has 26 heavy (non-hydrogen) atoms. The third-order valence-electron chi connectivity index (χ3n) is 8.38. The molecule has 1 spiro atoms. The maximum Gasteiger partial charge on any atom is 0.172 e. The first kappa shape index (κ1) is 17.0. The summed E-state index contributed by atoms with van der Waals surface area (Å²) in [5, 5.41) is 11.2. The third kappa shape index (κ3) is 2.07. The lowest BCUT2D eigenvalue weighted by atomic mass is 9.54. The van der Waals surface area contributed by atoms with Crippen molar-refractivity contribution in [1.29, 1.82) is 0 Å². The van der Waals surface area contributed by atoms with Crippen LogP contribution in [0.4, 0.5) is 0 Å². The van der Waals surface area contributed by atoms with E-state index in [1.807, 2.05) is 0 Å². The summed E-state index contributed by atoms with van der Waals surface area (Å²) in [6, 6.07) is 0. The fraction of sp³-hybridized carbons (Fsp3) is 0.739. The van der Waals surface area contributed by atoms with Crippen LogP contribution in [0.3, 0.4) is 0 Å². The molecule has 1 N–H and O–H groups in total.